The minimum absolute atomic E-state index is 0.0739. The highest BCUT2D eigenvalue weighted by Crippen LogP contribution is 2.42. The topological polar surface area (TPSA) is 45.2 Å². The predicted molar refractivity (Wildman–Crippen MR) is 85.4 cm³/mol. The van der Waals surface area contributed by atoms with Crippen LogP contribution in [0.25, 0.3) is 21.5 Å². The largest absolute Gasteiger partial charge is 0.290 e. The normalized spacial score (nSPS) is 14.5. The molecule has 3 nitrogen and oxygen atoms in total. The number of nitriles is 1. The summed E-state index contributed by atoms with van der Waals surface area (Å²) < 4.78 is 0. The number of hydrogen-bond acceptors (Lipinski definition) is 2. The number of carbonyl (C=O) groups is 1. The third-order valence-corrected chi connectivity index (χ3v) is 3.92. The van der Waals surface area contributed by atoms with E-state index in [-0.39, 0.29) is 17.1 Å². The molecule has 0 heterocycles. The van der Waals surface area contributed by atoms with Crippen molar-refractivity contribution >= 4 is 34.6 Å². The summed E-state index contributed by atoms with van der Waals surface area (Å²) in [7, 11) is 0. The fourth-order valence-electron chi connectivity index (χ4n) is 2.53. The Kier molecular flexibility index (Phi) is 3.47. The summed E-state index contributed by atoms with van der Waals surface area (Å²) in [6, 6.07) is 11.9. The fraction of sp³-hybridized carbons (Fsp3) is 0. The van der Waals surface area contributed by atoms with Crippen molar-refractivity contribution in [3.63, 3.8) is 0 Å². The minimum atomic E-state index is -0.389. The van der Waals surface area contributed by atoms with Gasteiger partial charge in [0.2, 0.25) is 0 Å². The van der Waals surface area contributed by atoms with Gasteiger partial charge in [0, 0.05) is 21.2 Å². The van der Waals surface area contributed by atoms with Gasteiger partial charge in [0.25, 0.3) is 5.70 Å². The number of carbonyl (C=O) groups excluding carboxylic acids is 1. The Balaban J connectivity index is 2.47. The predicted octanol–water partition coefficient (Wildman–Crippen LogP) is 5.01. The zero-order chi connectivity index (χ0) is 15.9. The molecule has 22 heavy (non-hydrogen) atoms. The highest BCUT2D eigenvalue weighted by Gasteiger charge is 2.30. The molecule has 0 bridgehead atoms. The van der Waals surface area contributed by atoms with Crippen LogP contribution >= 0.6 is 23.2 Å². The number of hydrogen-bond donors (Lipinski definition) is 0. The first-order valence-electron chi connectivity index (χ1n) is 6.23. The van der Waals surface area contributed by atoms with Crippen LogP contribution in [0.15, 0.2) is 42.1 Å². The van der Waals surface area contributed by atoms with Gasteiger partial charge < -0.3 is 0 Å². The first-order valence-corrected chi connectivity index (χ1v) is 6.98. The molecule has 0 N–H and O–H groups in total. The molecule has 0 saturated heterocycles. The van der Waals surface area contributed by atoms with Gasteiger partial charge in [-0.2, -0.15) is 0 Å². The van der Waals surface area contributed by atoms with Crippen molar-refractivity contribution in [1.29, 1.82) is 5.26 Å². The van der Waals surface area contributed by atoms with E-state index in [9.17, 15) is 4.79 Å². The van der Waals surface area contributed by atoms with E-state index in [4.69, 9.17) is 35.0 Å². The molecule has 0 radical (unpaired) electrons. The highest BCUT2D eigenvalue weighted by molar-refractivity contribution is 6.38. The van der Waals surface area contributed by atoms with Gasteiger partial charge in [0.05, 0.1) is 12.6 Å². The third kappa shape index (κ3) is 2.09. The molecule has 0 saturated carbocycles. The summed E-state index contributed by atoms with van der Waals surface area (Å²) in [6.45, 7) is 7.14. The Hall–Kier alpha value is -2.59. The highest BCUT2D eigenvalue weighted by atomic mass is 35.5. The molecule has 5 heteroatoms. The van der Waals surface area contributed by atoms with Crippen molar-refractivity contribution in [2.45, 2.75) is 0 Å². The van der Waals surface area contributed by atoms with Gasteiger partial charge in [0.15, 0.2) is 5.78 Å². The third-order valence-electron chi connectivity index (χ3n) is 3.45. The second kappa shape index (κ2) is 5.31. The molecule has 1 aliphatic carbocycles. The van der Waals surface area contributed by atoms with Crippen molar-refractivity contribution in [3.05, 3.63) is 74.7 Å². The summed E-state index contributed by atoms with van der Waals surface area (Å²) in [5.74, 6) is -0.389. The van der Waals surface area contributed by atoms with Crippen molar-refractivity contribution in [2.75, 3.05) is 0 Å². The molecule has 0 fully saturated rings. The number of ketones is 1. The molecule has 0 unspecified atom stereocenters. The lowest BCUT2D eigenvalue weighted by atomic mass is 9.80. The van der Waals surface area contributed by atoms with E-state index < -0.39 is 0 Å². The van der Waals surface area contributed by atoms with Crippen LogP contribution in [0.3, 0.4) is 0 Å². The van der Waals surface area contributed by atoms with Crippen molar-refractivity contribution in [2.24, 2.45) is 0 Å². The molecule has 0 spiro atoms. The van der Waals surface area contributed by atoms with Crippen LogP contribution < -0.4 is 0 Å². The number of Topliss-reactive ketones (excluding diaryl/α,β-unsaturated/α-hetero) is 1. The maximum absolute atomic E-state index is 12.7. The zero-order valence-corrected chi connectivity index (χ0v) is 12.5. The average molecular weight is 325 g/mol. The van der Waals surface area contributed by atoms with Gasteiger partial charge in [-0.1, -0.05) is 35.3 Å². The van der Waals surface area contributed by atoms with Crippen LogP contribution in [0.5, 0.6) is 0 Å². The molecule has 2 aromatic rings. The molecule has 0 amide bonds. The summed E-state index contributed by atoms with van der Waals surface area (Å²) in [4.78, 5) is 15.9. The van der Waals surface area contributed by atoms with Gasteiger partial charge >= 0.3 is 0 Å². The van der Waals surface area contributed by atoms with E-state index >= 15 is 0 Å². The van der Waals surface area contributed by atoms with Gasteiger partial charge in [0.1, 0.15) is 0 Å². The van der Waals surface area contributed by atoms with Gasteiger partial charge in [-0.15, -0.1) is 0 Å². The van der Waals surface area contributed by atoms with E-state index in [1.807, 2.05) is 0 Å². The molecule has 2 aromatic carbocycles. The quantitative estimate of drug-likeness (QED) is 0.388. The maximum Gasteiger partial charge on any atom is 0.273 e. The molecule has 3 rings (SSSR count). The van der Waals surface area contributed by atoms with Crippen molar-refractivity contribution < 1.29 is 4.79 Å². The standard InChI is InChI=1S/C17H6Cl2N2O/c1-21-15(8-20)16-13-6-9(18)2-4-11(13)12-5-3-10(19)7-14(12)17(16)22/h2-7H. The number of nitrogens with zero attached hydrogens (tertiary/aromatic N) is 2. The van der Waals surface area contributed by atoms with Gasteiger partial charge in [-0.3, -0.25) is 4.79 Å². The molecule has 104 valence electrons. The Labute approximate surface area is 136 Å². The SMILES string of the molecule is [C-]#[N+]C(C#N)=C1C(=O)c2cc(Cl)ccc2-c2ccc(Cl)cc21. The van der Waals surface area contributed by atoms with E-state index in [1.165, 1.54) is 0 Å². The number of allylic oxidation sites excluding steroid dienone is 2. The Morgan fingerprint density at radius 3 is 2.09 bits per heavy atom. The minimum Gasteiger partial charge on any atom is -0.290 e. The van der Waals surface area contributed by atoms with Crippen LogP contribution in [0.2, 0.25) is 10.0 Å². The first kappa shape index (κ1) is 14.4. The zero-order valence-electron chi connectivity index (χ0n) is 11.0. The van der Waals surface area contributed by atoms with E-state index in [1.54, 1.807) is 42.5 Å². The Morgan fingerprint density at radius 2 is 1.55 bits per heavy atom. The molecular weight excluding hydrogens is 319 g/mol. The number of fused-ring (bicyclic) bond motifs is 3. The molecule has 0 aromatic heterocycles. The van der Waals surface area contributed by atoms with Crippen LogP contribution in [0.1, 0.15) is 15.9 Å². The van der Waals surface area contributed by atoms with E-state index in [2.05, 4.69) is 4.85 Å². The second-order valence-corrected chi connectivity index (χ2v) is 5.53. The van der Waals surface area contributed by atoms with Crippen LogP contribution in [0.4, 0.5) is 0 Å². The van der Waals surface area contributed by atoms with Crippen molar-refractivity contribution in [3.8, 4) is 17.2 Å². The maximum atomic E-state index is 12.7. The summed E-state index contributed by atoms with van der Waals surface area (Å²) in [5.41, 5.74) is 2.17. The van der Waals surface area contributed by atoms with Gasteiger partial charge in [-0.05, 0) is 41.0 Å². The second-order valence-electron chi connectivity index (χ2n) is 4.66. The number of rotatable bonds is 0. The Morgan fingerprint density at radius 1 is 1.00 bits per heavy atom. The summed E-state index contributed by atoms with van der Waals surface area (Å²) in [5, 5.41) is 10.0. The molecular formula is C17H6Cl2N2O. The van der Waals surface area contributed by atoms with E-state index in [0.29, 0.717) is 26.7 Å². The molecule has 1 aliphatic rings. The lowest BCUT2D eigenvalue weighted by molar-refractivity contribution is 0.105. The molecule has 0 aliphatic heterocycles. The van der Waals surface area contributed by atoms with Crippen LogP contribution in [-0.4, -0.2) is 5.78 Å². The van der Waals surface area contributed by atoms with Gasteiger partial charge in [-0.25, -0.2) is 10.1 Å². The summed E-state index contributed by atoms with van der Waals surface area (Å²) >= 11 is 12.0. The van der Waals surface area contributed by atoms with Crippen LogP contribution in [-0.2, 0) is 0 Å². The van der Waals surface area contributed by atoms with E-state index in [0.717, 1.165) is 5.56 Å². The van der Waals surface area contributed by atoms with Crippen molar-refractivity contribution in [1.82, 2.24) is 0 Å². The number of halogens is 2. The molecule has 0 atom stereocenters. The fourth-order valence-corrected chi connectivity index (χ4v) is 2.87. The smallest absolute Gasteiger partial charge is 0.273 e. The number of benzene rings is 2. The first-order chi connectivity index (χ1) is 10.6. The summed E-state index contributed by atoms with van der Waals surface area (Å²) in [6.07, 6.45) is 0. The Bertz CT molecular complexity index is 930. The average Bonchev–Trinajstić information content (AvgIpc) is 2.51. The monoisotopic (exact) mass is 324 g/mol. The lowest BCUT2D eigenvalue weighted by Gasteiger charge is -2.22. The van der Waals surface area contributed by atoms with Crippen LogP contribution in [0, 0.1) is 17.9 Å². The lowest BCUT2D eigenvalue weighted by Crippen LogP contribution is -2.13.